The molecule has 120 valence electrons. The van der Waals surface area contributed by atoms with Crippen LogP contribution in [0, 0.1) is 0 Å². The summed E-state index contributed by atoms with van der Waals surface area (Å²) < 4.78 is 25.9. The van der Waals surface area contributed by atoms with Crippen molar-refractivity contribution < 1.29 is 8.42 Å². The van der Waals surface area contributed by atoms with E-state index >= 15 is 0 Å². The minimum absolute atomic E-state index is 0.107. The minimum Gasteiger partial charge on any atom is -0.369 e. The summed E-state index contributed by atoms with van der Waals surface area (Å²) in [6.07, 6.45) is 2.47. The summed E-state index contributed by atoms with van der Waals surface area (Å²) in [4.78, 5) is 2.11. The Morgan fingerprint density at radius 1 is 1.14 bits per heavy atom. The van der Waals surface area contributed by atoms with E-state index in [1.807, 2.05) is 21.0 Å². The number of hydrogen-bond donors (Lipinski definition) is 2. The Bertz CT molecular complexity index is 502. The van der Waals surface area contributed by atoms with Gasteiger partial charge in [-0.2, -0.15) is 0 Å². The molecule has 0 bridgehead atoms. The Morgan fingerprint density at radius 2 is 1.81 bits per heavy atom. The quantitative estimate of drug-likeness (QED) is 0.634. The van der Waals surface area contributed by atoms with Crippen LogP contribution < -0.4 is 10.0 Å². The van der Waals surface area contributed by atoms with Gasteiger partial charge in [0.2, 0.25) is 10.0 Å². The summed E-state index contributed by atoms with van der Waals surface area (Å²) in [6.45, 7) is 3.75. The van der Waals surface area contributed by atoms with Crippen LogP contribution in [0.15, 0.2) is 12.1 Å². The van der Waals surface area contributed by atoms with E-state index in [0.717, 1.165) is 25.9 Å². The van der Waals surface area contributed by atoms with E-state index in [1.54, 1.807) is 12.1 Å². The SMILES string of the molecule is CCCCS(=O)(=O)Nc1ccc(NCCCN(C)C)nn1. The van der Waals surface area contributed by atoms with Crippen LogP contribution in [0.3, 0.4) is 0 Å². The van der Waals surface area contributed by atoms with E-state index in [2.05, 4.69) is 25.1 Å². The molecular weight excluding hydrogens is 290 g/mol. The highest BCUT2D eigenvalue weighted by Crippen LogP contribution is 2.09. The smallest absolute Gasteiger partial charge is 0.233 e. The monoisotopic (exact) mass is 315 g/mol. The number of aromatic nitrogens is 2. The minimum atomic E-state index is -3.32. The zero-order valence-corrected chi connectivity index (χ0v) is 13.8. The predicted octanol–water partition coefficient (Wildman–Crippen LogP) is 1.38. The molecule has 0 aromatic carbocycles. The lowest BCUT2D eigenvalue weighted by atomic mass is 10.4. The topological polar surface area (TPSA) is 87.2 Å². The lowest BCUT2D eigenvalue weighted by Gasteiger charge is -2.10. The van der Waals surface area contributed by atoms with Crippen molar-refractivity contribution in [3.05, 3.63) is 12.1 Å². The molecule has 0 saturated heterocycles. The van der Waals surface area contributed by atoms with Gasteiger partial charge in [-0.05, 0) is 45.6 Å². The molecule has 1 aromatic heterocycles. The van der Waals surface area contributed by atoms with Crippen molar-refractivity contribution in [1.82, 2.24) is 15.1 Å². The van der Waals surface area contributed by atoms with Gasteiger partial charge in [-0.1, -0.05) is 13.3 Å². The van der Waals surface area contributed by atoms with Gasteiger partial charge in [0, 0.05) is 6.54 Å². The zero-order valence-electron chi connectivity index (χ0n) is 13.0. The average Bonchev–Trinajstić information content (AvgIpc) is 2.42. The normalized spacial score (nSPS) is 11.6. The molecule has 8 heteroatoms. The van der Waals surface area contributed by atoms with Crippen LogP contribution in [0.5, 0.6) is 0 Å². The Morgan fingerprint density at radius 3 is 2.38 bits per heavy atom. The van der Waals surface area contributed by atoms with Crippen molar-refractivity contribution in [3.8, 4) is 0 Å². The van der Waals surface area contributed by atoms with E-state index in [9.17, 15) is 8.42 Å². The number of anilines is 2. The first kappa shape index (κ1) is 17.6. The molecule has 1 rings (SSSR count). The van der Waals surface area contributed by atoms with Crippen LogP contribution in [-0.4, -0.2) is 56.5 Å². The molecule has 0 amide bonds. The average molecular weight is 315 g/mol. The standard InChI is InChI=1S/C13H25N5O2S/c1-4-5-11-21(19,20)17-13-8-7-12(15-16-13)14-9-6-10-18(2)3/h7-8H,4-6,9-11H2,1-3H3,(H,14,15)(H,16,17). The lowest BCUT2D eigenvalue weighted by molar-refractivity contribution is 0.405. The summed E-state index contributed by atoms with van der Waals surface area (Å²) in [5, 5.41) is 11.0. The van der Waals surface area contributed by atoms with Gasteiger partial charge in [-0.15, -0.1) is 10.2 Å². The fraction of sp³-hybridized carbons (Fsp3) is 0.692. The first-order chi connectivity index (χ1) is 9.93. The number of sulfonamides is 1. The van der Waals surface area contributed by atoms with Crippen molar-refractivity contribution in [2.45, 2.75) is 26.2 Å². The predicted molar refractivity (Wildman–Crippen MR) is 86.0 cm³/mol. The number of rotatable bonds is 10. The summed E-state index contributed by atoms with van der Waals surface area (Å²) >= 11 is 0. The Kier molecular flexibility index (Phi) is 7.38. The highest BCUT2D eigenvalue weighted by atomic mass is 32.2. The third kappa shape index (κ3) is 7.81. The van der Waals surface area contributed by atoms with E-state index < -0.39 is 10.0 Å². The summed E-state index contributed by atoms with van der Waals surface area (Å²) in [5.41, 5.74) is 0. The fourth-order valence-electron chi connectivity index (χ4n) is 1.64. The highest BCUT2D eigenvalue weighted by molar-refractivity contribution is 7.92. The molecule has 0 radical (unpaired) electrons. The van der Waals surface area contributed by atoms with E-state index in [1.165, 1.54) is 0 Å². The molecule has 0 saturated carbocycles. The molecule has 0 fully saturated rings. The molecule has 0 spiro atoms. The molecule has 0 aliphatic rings. The maximum absolute atomic E-state index is 11.7. The van der Waals surface area contributed by atoms with Gasteiger partial charge in [-0.3, -0.25) is 4.72 Å². The molecule has 21 heavy (non-hydrogen) atoms. The molecule has 0 unspecified atom stereocenters. The van der Waals surface area contributed by atoms with Crippen LogP contribution in [0.2, 0.25) is 0 Å². The van der Waals surface area contributed by atoms with E-state index in [-0.39, 0.29) is 11.6 Å². The Labute approximate surface area is 127 Å². The number of unbranched alkanes of at least 4 members (excludes halogenated alkanes) is 1. The van der Waals surface area contributed by atoms with Crippen LogP contribution >= 0.6 is 0 Å². The molecule has 0 aliphatic heterocycles. The van der Waals surface area contributed by atoms with Crippen LogP contribution in [-0.2, 0) is 10.0 Å². The first-order valence-electron chi connectivity index (χ1n) is 7.16. The van der Waals surface area contributed by atoms with Gasteiger partial charge in [0.25, 0.3) is 0 Å². The third-order valence-corrected chi connectivity index (χ3v) is 4.13. The molecule has 1 aromatic rings. The lowest BCUT2D eigenvalue weighted by Crippen LogP contribution is -2.18. The van der Waals surface area contributed by atoms with Crippen LogP contribution in [0.4, 0.5) is 11.6 Å². The Balaban J connectivity index is 2.43. The number of nitrogens with zero attached hydrogens (tertiary/aromatic N) is 3. The Hall–Kier alpha value is -1.41. The van der Waals surface area contributed by atoms with Crippen molar-refractivity contribution in [1.29, 1.82) is 0 Å². The first-order valence-corrected chi connectivity index (χ1v) is 8.81. The van der Waals surface area contributed by atoms with Crippen molar-refractivity contribution in [2.75, 3.05) is 43.0 Å². The van der Waals surface area contributed by atoms with Crippen molar-refractivity contribution in [2.24, 2.45) is 0 Å². The summed E-state index contributed by atoms with van der Waals surface area (Å²) in [6, 6.07) is 3.34. The van der Waals surface area contributed by atoms with Gasteiger partial charge in [0.15, 0.2) is 5.82 Å². The largest absolute Gasteiger partial charge is 0.369 e. The van der Waals surface area contributed by atoms with E-state index in [4.69, 9.17) is 0 Å². The van der Waals surface area contributed by atoms with Gasteiger partial charge in [-0.25, -0.2) is 8.42 Å². The fourth-order valence-corrected chi connectivity index (χ4v) is 2.84. The van der Waals surface area contributed by atoms with Gasteiger partial charge < -0.3 is 10.2 Å². The van der Waals surface area contributed by atoms with Gasteiger partial charge in [0.1, 0.15) is 5.82 Å². The van der Waals surface area contributed by atoms with Gasteiger partial charge >= 0.3 is 0 Å². The second kappa shape index (κ2) is 8.78. The zero-order chi connectivity index (χ0) is 15.7. The number of hydrogen-bond acceptors (Lipinski definition) is 6. The molecule has 0 atom stereocenters. The molecule has 7 nitrogen and oxygen atoms in total. The molecule has 1 heterocycles. The maximum Gasteiger partial charge on any atom is 0.233 e. The van der Waals surface area contributed by atoms with Crippen molar-refractivity contribution in [3.63, 3.8) is 0 Å². The summed E-state index contributed by atoms with van der Waals surface area (Å²) in [5.74, 6) is 1.01. The van der Waals surface area contributed by atoms with Crippen LogP contribution in [0.1, 0.15) is 26.2 Å². The second-order valence-corrected chi connectivity index (χ2v) is 7.00. The molecule has 0 aliphatic carbocycles. The van der Waals surface area contributed by atoms with Crippen molar-refractivity contribution >= 4 is 21.7 Å². The van der Waals surface area contributed by atoms with Gasteiger partial charge in [0.05, 0.1) is 5.75 Å². The second-order valence-electron chi connectivity index (χ2n) is 5.16. The van der Waals surface area contributed by atoms with E-state index in [0.29, 0.717) is 12.2 Å². The summed E-state index contributed by atoms with van der Waals surface area (Å²) in [7, 11) is 0.736. The molecular formula is C13H25N5O2S. The molecule has 2 N–H and O–H groups in total. The maximum atomic E-state index is 11.7. The highest BCUT2D eigenvalue weighted by Gasteiger charge is 2.10. The third-order valence-electron chi connectivity index (χ3n) is 2.78. The van der Waals surface area contributed by atoms with Crippen LogP contribution in [0.25, 0.3) is 0 Å². The number of nitrogens with one attached hydrogen (secondary N) is 2.